The first-order valence-electron chi connectivity index (χ1n) is 7.53. The van der Waals surface area contributed by atoms with Crippen LogP contribution < -0.4 is 5.32 Å². The van der Waals surface area contributed by atoms with E-state index in [4.69, 9.17) is 0 Å². The quantitative estimate of drug-likeness (QED) is 0.666. The van der Waals surface area contributed by atoms with Crippen molar-refractivity contribution in [2.45, 2.75) is 65.0 Å². The van der Waals surface area contributed by atoms with Crippen molar-refractivity contribution in [2.75, 3.05) is 20.6 Å². The summed E-state index contributed by atoms with van der Waals surface area (Å²) >= 11 is 0. The lowest BCUT2D eigenvalue weighted by atomic mass is 9.93. The number of nitrogens with one attached hydrogen (secondary N) is 1. The Hall–Kier alpha value is -0.0800. The van der Waals surface area contributed by atoms with Gasteiger partial charge in [-0.2, -0.15) is 0 Å². The van der Waals surface area contributed by atoms with Crippen LogP contribution in [0.15, 0.2) is 0 Å². The summed E-state index contributed by atoms with van der Waals surface area (Å²) in [6, 6.07) is 1.46. The van der Waals surface area contributed by atoms with Crippen molar-refractivity contribution in [2.24, 2.45) is 11.8 Å². The lowest BCUT2D eigenvalue weighted by Crippen LogP contribution is -2.46. The molecule has 0 spiro atoms. The minimum Gasteiger partial charge on any atom is -0.312 e. The molecule has 2 unspecified atom stereocenters. The summed E-state index contributed by atoms with van der Waals surface area (Å²) in [6.07, 6.45) is 6.77. The normalized spacial score (nSPS) is 19.9. The van der Waals surface area contributed by atoms with Crippen LogP contribution in [0.25, 0.3) is 0 Å². The minimum atomic E-state index is 0.692. The molecule has 2 atom stereocenters. The molecule has 0 aromatic heterocycles. The molecule has 0 bridgehead atoms. The van der Waals surface area contributed by atoms with Gasteiger partial charge in [0, 0.05) is 18.6 Å². The van der Waals surface area contributed by atoms with E-state index in [1.54, 1.807) is 0 Å². The molecular formula is C15H32N2. The number of nitrogens with zero attached hydrogens (tertiary/aromatic N) is 1. The molecule has 102 valence electrons. The van der Waals surface area contributed by atoms with E-state index < -0.39 is 0 Å². The number of rotatable bonds is 9. The highest BCUT2D eigenvalue weighted by Crippen LogP contribution is 2.34. The van der Waals surface area contributed by atoms with E-state index >= 15 is 0 Å². The maximum Gasteiger partial charge on any atom is 0.0242 e. The Bertz CT molecular complexity index is 195. The topological polar surface area (TPSA) is 15.3 Å². The molecule has 17 heavy (non-hydrogen) atoms. The highest BCUT2D eigenvalue weighted by molar-refractivity contribution is 4.87. The minimum absolute atomic E-state index is 0.692. The fourth-order valence-corrected chi connectivity index (χ4v) is 3.02. The van der Waals surface area contributed by atoms with Gasteiger partial charge in [-0.3, -0.25) is 0 Å². The summed E-state index contributed by atoms with van der Waals surface area (Å²) in [5.41, 5.74) is 0. The Morgan fingerprint density at radius 1 is 1.06 bits per heavy atom. The van der Waals surface area contributed by atoms with Crippen molar-refractivity contribution in [3.05, 3.63) is 0 Å². The van der Waals surface area contributed by atoms with Gasteiger partial charge in [-0.1, -0.05) is 33.6 Å². The van der Waals surface area contributed by atoms with Crippen molar-refractivity contribution in [1.82, 2.24) is 10.2 Å². The van der Waals surface area contributed by atoms with Gasteiger partial charge in [0.25, 0.3) is 0 Å². The number of hydrogen-bond donors (Lipinski definition) is 1. The smallest absolute Gasteiger partial charge is 0.0242 e. The average Bonchev–Trinajstić information content (AvgIpc) is 3.12. The first kappa shape index (κ1) is 15.0. The SMILES string of the molecule is CCC(CC)C(CNC(CC)C1CC1)N(C)C. The second kappa shape index (κ2) is 7.38. The van der Waals surface area contributed by atoms with Crippen molar-refractivity contribution in [3.8, 4) is 0 Å². The predicted octanol–water partition coefficient (Wildman–Crippen LogP) is 3.13. The highest BCUT2D eigenvalue weighted by Gasteiger charge is 2.30. The molecule has 1 rings (SSSR count). The van der Waals surface area contributed by atoms with E-state index in [-0.39, 0.29) is 0 Å². The Morgan fingerprint density at radius 2 is 1.65 bits per heavy atom. The molecule has 0 aromatic carbocycles. The molecular weight excluding hydrogens is 208 g/mol. The monoisotopic (exact) mass is 240 g/mol. The molecule has 2 nitrogen and oxygen atoms in total. The molecule has 0 aliphatic heterocycles. The summed E-state index contributed by atoms with van der Waals surface area (Å²) < 4.78 is 0. The number of likely N-dealkylation sites (N-methyl/N-ethyl adjacent to an activating group) is 1. The van der Waals surface area contributed by atoms with Crippen molar-refractivity contribution >= 4 is 0 Å². The third kappa shape index (κ3) is 4.59. The fraction of sp³-hybridized carbons (Fsp3) is 1.00. The molecule has 0 amide bonds. The molecule has 0 heterocycles. The number of hydrogen-bond acceptors (Lipinski definition) is 2. The van der Waals surface area contributed by atoms with Crippen LogP contribution >= 0.6 is 0 Å². The van der Waals surface area contributed by atoms with Crippen molar-refractivity contribution in [3.63, 3.8) is 0 Å². The second-order valence-corrected chi connectivity index (χ2v) is 5.87. The van der Waals surface area contributed by atoms with E-state index in [2.05, 4.69) is 45.1 Å². The summed E-state index contributed by atoms with van der Waals surface area (Å²) in [7, 11) is 4.45. The van der Waals surface area contributed by atoms with E-state index in [1.807, 2.05) is 0 Å². The van der Waals surface area contributed by atoms with E-state index in [0.717, 1.165) is 24.4 Å². The van der Waals surface area contributed by atoms with Gasteiger partial charge < -0.3 is 10.2 Å². The molecule has 1 fully saturated rings. The Labute approximate surface area is 108 Å². The van der Waals surface area contributed by atoms with Crippen LogP contribution in [-0.4, -0.2) is 37.6 Å². The van der Waals surface area contributed by atoms with Gasteiger partial charge in [-0.05, 0) is 45.2 Å². The fourth-order valence-electron chi connectivity index (χ4n) is 3.02. The maximum atomic E-state index is 3.82. The van der Waals surface area contributed by atoms with Gasteiger partial charge in [-0.15, -0.1) is 0 Å². The molecule has 0 aromatic rings. The second-order valence-electron chi connectivity index (χ2n) is 5.87. The maximum absolute atomic E-state index is 3.82. The highest BCUT2D eigenvalue weighted by atomic mass is 15.1. The molecule has 1 saturated carbocycles. The Kier molecular flexibility index (Phi) is 6.50. The molecule has 2 heteroatoms. The average molecular weight is 240 g/mol. The van der Waals surface area contributed by atoms with Crippen LogP contribution in [-0.2, 0) is 0 Å². The largest absolute Gasteiger partial charge is 0.312 e. The van der Waals surface area contributed by atoms with Crippen LogP contribution in [0, 0.1) is 11.8 Å². The first-order chi connectivity index (χ1) is 8.13. The third-order valence-electron chi connectivity index (χ3n) is 4.48. The van der Waals surface area contributed by atoms with Gasteiger partial charge in [0.15, 0.2) is 0 Å². The van der Waals surface area contributed by atoms with Crippen LogP contribution in [0.3, 0.4) is 0 Å². The van der Waals surface area contributed by atoms with E-state index in [9.17, 15) is 0 Å². The first-order valence-corrected chi connectivity index (χ1v) is 7.53. The molecule has 1 aliphatic rings. The zero-order chi connectivity index (χ0) is 12.8. The van der Waals surface area contributed by atoms with E-state index in [1.165, 1.54) is 32.1 Å². The van der Waals surface area contributed by atoms with Crippen LogP contribution in [0.2, 0.25) is 0 Å². The molecule has 1 aliphatic carbocycles. The van der Waals surface area contributed by atoms with Gasteiger partial charge in [0.1, 0.15) is 0 Å². The van der Waals surface area contributed by atoms with Crippen LogP contribution in [0.5, 0.6) is 0 Å². The van der Waals surface area contributed by atoms with Gasteiger partial charge in [0.05, 0.1) is 0 Å². The lowest BCUT2D eigenvalue weighted by Gasteiger charge is -2.33. The summed E-state index contributed by atoms with van der Waals surface area (Å²) in [4.78, 5) is 2.41. The summed E-state index contributed by atoms with van der Waals surface area (Å²) in [6.45, 7) is 8.12. The zero-order valence-corrected chi connectivity index (χ0v) is 12.5. The van der Waals surface area contributed by atoms with Crippen LogP contribution in [0.4, 0.5) is 0 Å². The van der Waals surface area contributed by atoms with Gasteiger partial charge >= 0.3 is 0 Å². The van der Waals surface area contributed by atoms with Crippen molar-refractivity contribution in [1.29, 1.82) is 0 Å². The van der Waals surface area contributed by atoms with Gasteiger partial charge in [-0.25, -0.2) is 0 Å². The third-order valence-corrected chi connectivity index (χ3v) is 4.48. The lowest BCUT2D eigenvalue weighted by molar-refractivity contribution is 0.187. The zero-order valence-electron chi connectivity index (χ0n) is 12.5. The standard InChI is InChI=1S/C15H32N2/c1-6-12(7-2)15(17(4)5)11-16-14(8-3)13-9-10-13/h12-16H,6-11H2,1-5H3. The van der Waals surface area contributed by atoms with E-state index in [0.29, 0.717) is 6.04 Å². The van der Waals surface area contributed by atoms with Crippen LogP contribution in [0.1, 0.15) is 52.9 Å². The molecule has 1 N–H and O–H groups in total. The van der Waals surface area contributed by atoms with Crippen molar-refractivity contribution < 1.29 is 0 Å². The summed E-state index contributed by atoms with van der Waals surface area (Å²) in [5.74, 6) is 1.80. The molecule has 0 radical (unpaired) electrons. The van der Waals surface area contributed by atoms with Gasteiger partial charge in [0.2, 0.25) is 0 Å². The Balaban J connectivity index is 2.42. The summed E-state index contributed by atoms with van der Waals surface area (Å²) in [5, 5.41) is 3.82. The Morgan fingerprint density at radius 3 is 2.00 bits per heavy atom. The predicted molar refractivity (Wildman–Crippen MR) is 76.4 cm³/mol. The molecule has 0 saturated heterocycles.